The summed E-state index contributed by atoms with van der Waals surface area (Å²) < 4.78 is 9.04. The Balaban J connectivity index is 1.17. The summed E-state index contributed by atoms with van der Waals surface area (Å²) in [6.07, 6.45) is -0.348. The summed E-state index contributed by atoms with van der Waals surface area (Å²) in [7, 11) is 0. The predicted molar refractivity (Wildman–Crippen MR) is 183 cm³/mol. The molecule has 1 aliphatic rings. The maximum absolute atomic E-state index is 6.46. The number of benzene rings is 6. The highest BCUT2D eigenvalue weighted by molar-refractivity contribution is 7.26. The van der Waals surface area contributed by atoms with Gasteiger partial charge in [-0.25, -0.2) is 4.99 Å². The topological polar surface area (TPSA) is 49.6 Å². The summed E-state index contributed by atoms with van der Waals surface area (Å²) >= 11 is 1.84. The van der Waals surface area contributed by atoms with E-state index in [-0.39, 0.29) is 12.3 Å². The first-order valence-electron chi connectivity index (χ1n) is 14.9. The molecular weight excluding hydrogens is 559 g/mol. The van der Waals surface area contributed by atoms with Gasteiger partial charge in [-0.2, -0.15) is 0 Å². The largest absolute Gasteiger partial charge is 0.456 e. The van der Waals surface area contributed by atoms with Crippen molar-refractivity contribution < 1.29 is 4.42 Å². The van der Waals surface area contributed by atoms with Crippen molar-refractivity contribution >= 4 is 59.3 Å². The molecule has 0 radical (unpaired) electrons. The van der Waals surface area contributed by atoms with E-state index in [9.17, 15) is 0 Å². The number of rotatable bonds is 4. The molecule has 2 N–H and O–H groups in total. The second-order valence-corrected chi connectivity index (χ2v) is 12.3. The van der Waals surface area contributed by atoms with E-state index >= 15 is 0 Å². The van der Waals surface area contributed by atoms with Gasteiger partial charge in [-0.3, -0.25) is 5.32 Å². The van der Waals surface area contributed by atoms with E-state index in [0.717, 1.165) is 38.9 Å². The Labute approximate surface area is 258 Å². The normalized spacial score (nSPS) is 16.9. The van der Waals surface area contributed by atoms with Gasteiger partial charge in [0.15, 0.2) is 0 Å². The van der Waals surface area contributed by atoms with Gasteiger partial charge in [0, 0.05) is 42.1 Å². The second-order valence-electron chi connectivity index (χ2n) is 11.2. The SMILES string of the molecule is c1ccc(-c2cccc3oc4cc(C5=NC(c6ccccc6)NC(c6cccc7c6sc6ccccc67)N5)ccc4c23)cc1. The van der Waals surface area contributed by atoms with Crippen LogP contribution in [0.5, 0.6) is 0 Å². The third-order valence-electron chi connectivity index (χ3n) is 8.58. The fourth-order valence-electron chi connectivity index (χ4n) is 6.50. The summed E-state index contributed by atoms with van der Waals surface area (Å²) in [6.45, 7) is 0. The van der Waals surface area contributed by atoms with Crippen LogP contribution < -0.4 is 10.6 Å². The van der Waals surface area contributed by atoms with Crippen molar-refractivity contribution in [3.05, 3.63) is 156 Å². The molecule has 2 unspecified atom stereocenters. The smallest absolute Gasteiger partial charge is 0.136 e. The van der Waals surface area contributed by atoms with Crippen LogP contribution in [-0.4, -0.2) is 5.84 Å². The summed E-state index contributed by atoms with van der Waals surface area (Å²) in [5.41, 5.74) is 7.42. The van der Waals surface area contributed by atoms with Crippen LogP contribution in [0.4, 0.5) is 0 Å². The molecule has 2 atom stereocenters. The summed E-state index contributed by atoms with van der Waals surface area (Å²) in [4.78, 5) is 5.20. The Morgan fingerprint density at radius 3 is 2.27 bits per heavy atom. The standard InChI is InChI=1S/C39H27N3OS/c1-3-11-24(12-4-1)27-16-10-19-32-35(27)30-22-21-26(23-33(30)43-32)38-40-37(25-13-5-2-6-14-25)41-39(42-38)31-18-9-17-29-28-15-7-8-20-34(28)44-36(29)31/h1-23,37,39,41H,(H,40,42). The summed E-state index contributed by atoms with van der Waals surface area (Å²) in [5.74, 6) is 0.839. The maximum atomic E-state index is 6.46. The molecule has 5 heteroatoms. The highest BCUT2D eigenvalue weighted by Crippen LogP contribution is 2.40. The average Bonchev–Trinajstić information content (AvgIpc) is 3.67. The average molecular weight is 586 g/mol. The van der Waals surface area contributed by atoms with Crippen LogP contribution in [0.25, 0.3) is 53.2 Å². The van der Waals surface area contributed by atoms with Crippen LogP contribution >= 0.6 is 11.3 Å². The fourth-order valence-corrected chi connectivity index (χ4v) is 7.75. The van der Waals surface area contributed by atoms with Crippen molar-refractivity contribution in [2.75, 3.05) is 0 Å². The molecule has 8 aromatic rings. The zero-order chi connectivity index (χ0) is 29.0. The van der Waals surface area contributed by atoms with E-state index in [2.05, 4.69) is 138 Å². The molecule has 3 heterocycles. The molecule has 0 aliphatic carbocycles. The van der Waals surface area contributed by atoms with E-state index < -0.39 is 0 Å². The molecule has 1 aliphatic heterocycles. The number of hydrogen-bond donors (Lipinski definition) is 2. The zero-order valence-corrected chi connectivity index (χ0v) is 24.5. The third-order valence-corrected chi connectivity index (χ3v) is 9.82. The highest BCUT2D eigenvalue weighted by Gasteiger charge is 2.27. The Kier molecular flexibility index (Phi) is 5.86. The van der Waals surface area contributed by atoms with Gasteiger partial charge in [-0.15, -0.1) is 11.3 Å². The van der Waals surface area contributed by atoms with Gasteiger partial charge >= 0.3 is 0 Å². The zero-order valence-electron chi connectivity index (χ0n) is 23.7. The van der Waals surface area contributed by atoms with Gasteiger partial charge in [-0.05, 0) is 41.0 Å². The Hall–Kier alpha value is -5.23. The Morgan fingerprint density at radius 2 is 1.39 bits per heavy atom. The molecule has 210 valence electrons. The monoisotopic (exact) mass is 585 g/mol. The van der Waals surface area contributed by atoms with Crippen LogP contribution in [0.3, 0.4) is 0 Å². The molecule has 44 heavy (non-hydrogen) atoms. The van der Waals surface area contributed by atoms with Crippen LogP contribution in [0.2, 0.25) is 0 Å². The van der Waals surface area contributed by atoms with Crippen LogP contribution in [0, 0.1) is 0 Å². The first kappa shape index (κ1) is 25.3. The van der Waals surface area contributed by atoms with Gasteiger partial charge in [-0.1, -0.05) is 115 Å². The highest BCUT2D eigenvalue weighted by atomic mass is 32.1. The number of thiophene rings is 1. The predicted octanol–water partition coefficient (Wildman–Crippen LogP) is 9.96. The van der Waals surface area contributed by atoms with E-state index in [1.807, 2.05) is 23.5 Å². The number of amidine groups is 1. The second kappa shape index (κ2) is 10.2. The van der Waals surface area contributed by atoms with Crippen molar-refractivity contribution in [2.24, 2.45) is 4.99 Å². The Morgan fingerprint density at radius 1 is 0.614 bits per heavy atom. The van der Waals surface area contributed by atoms with Gasteiger partial charge in [0.1, 0.15) is 29.3 Å². The molecule has 2 aromatic heterocycles. The number of aliphatic imine (C=N–C) groups is 1. The van der Waals surface area contributed by atoms with E-state index in [4.69, 9.17) is 9.41 Å². The van der Waals surface area contributed by atoms with E-state index in [1.54, 1.807) is 0 Å². The molecule has 0 saturated heterocycles. The lowest BCUT2D eigenvalue weighted by molar-refractivity contribution is 0.411. The minimum absolute atomic E-state index is 0.138. The molecule has 0 fully saturated rings. The van der Waals surface area contributed by atoms with E-state index in [1.165, 1.54) is 36.9 Å². The van der Waals surface area contributed by atoms with E-state index in [0.29, 0.717) is 0 Å². The molecule has 9 rings (SSSR count). The molecular formula is C39H27N3OS. The molecule has 6 aromatic carbocycles. The quantitative estimate of drug-likeness (QED) is 0.216. The van der Waals surface area contributed by atoms with Crippen LogP contribution in [-0.2, 0) is 0 Å². The fraction of sp³-hybridized carbons (Fsp3) is 0.0513. The minimum Gasteiger partial charge on any atom is -0.456 e. The lowest BCUT2D eigenvalue weighted by atomic mass is 9.99. The van der Waals surface area contributed by atoms with Gasteiger partial charge in [0.25, 0.3) is 0 Å². The van der Waals surface area contributed by atoms with Crippen LogP contribution in [0.15, 0.2) is 149 Å². The molecule has 0 bridgehead atoms. The first-order chi connectivity index (χ1) is 21.8. The Bertz CT molecular complexity index is 2350. The third kappa shape index (κ3) is 4.13. The number of nitrogens with zero attached hydrogens (tertiary/aromatic N) is 1. The maximum Gasteiger partial charge on any atom is 0.136 e. The number of fused-ring (bicyclic) bond motifs is 6. The van der Waals surface area contributed by atoms with Crippen molar-refractivity contribution in [1.82, 2.24) is 10.6 Å². The number of furan rings is 1. The molecule has 4 nitrogen and oxygen atoms in total. The molecule has 0 amide bonds. The van der Waals surface area contributed by atoms with Gasteiger partial charge < -0.3 is 9.73 Å². The van der Waals surface area contributed by atoms with Crippen molar-refractivity contribution in [3.63, 3.8) is 0 Å². The molecule has 0 spiro atoms. The minimum atomic E-state index is -0.210. The van der Waals surface area contributed by atoms with Gasteiger partial charge in [0.05, 0.1) is 0 Å². The lowest BCUT2D eigenvalue weighted by Crippen LogP contribution is -2.45. The number of hydrogen-bond acceptors (Lipinski definition) is 5. The van der Waals surface area contributed by atoms with Crippen molar-refractivity contribution in [2.45, 2.75) is 12.3 Å². The van der Waals surface area contributed by atoms with Gasteiger partial charge in [0.2, 0.25) is 0 Å². The van der Waals surface area contributed by atoms with Crippen molar-refractivity contribution in [1.29, 1.82) is 0 Å². The van der Waals surface area contributed by atoms with Crippen LogP contribution in [0.1, 0.15) is 29.0 Å². The lowest BCUT2D eigenvalue weighted by Gasteiger charge is -2.32. The first-order valence-corrected chi connectivity index (χ1v) is 15.7. The summed E-state index contributed by atoms with van der Waals surface area (Å²) in [6, 6.07) is 49.0. The van der Waals surface area contributed by atoms with Crippen molar-refractivity contribution in [3.8, 4) is 11.1 Å². The molecule has 0 saturated carbocycles. The number of nitrogens with one attached hydrogen (secondary N) is 2. The summed E-state index contributed by atoms with van der Waals surface area (Å²) in [5, 5.41) is 12.4.